The van der Waals surface area contributed by atoms with Gasteiger partial charge in [0.1, 0.15) is 17.3 Å². The van der Waals surface area contributed by atoms with Crippen molar-refractivity contribution in [3.8, 4) is 11.4 Å². The van der Waals surface area contributed by atoms with Crippen molar-refractivity contribution in [2.45, 2.75) is 46.7 Å². The van der Waals surface area contributed by atoms with Gasteiger partial charge in [-0.25, -0.2) is 9.37 Å². The van der Waals surface area contributed by atoms with Crippen molar-refractivity contribution in [3.63, 3.8) is 0 Å². The molecule has 1 atom stereocenters. The van der Waals surface area contributed by atoms with E-state index >= 15 is 0 Å². The molecule has 8 nitrogen and oxygen atoms in total. The third-order valence-corrected chi connectivity index (χ3v) is 6.37. The SMILES string of the molecule is CNC(=O)c1cc(-c2nc(C(=O)C[C@H](C(=O)NC)C(C)(C)C)c3n2CCCN(C)C3)ccc1F. The van der Waals surface area contributed by atoms with Crippen molar-refractivity contribution in [1.29, 1.82) is 0 Å². The third kappa shape index (κ3) is 5.19. The predicted molar refractivity (Wildman–Crippen MR) is 128 cm³/mol. The number of carbonyl (C=O) groups excluding carboxylic acids is 3. The van der Waals surface area contributed by atoms with Crippen LogP contribution in [0, 0.1) is 17.2 Å². The van der Waals surface area contributed by atoms with E-state index in [9.17, 15) is 18.8 Å². The lowest BCUT2D eigenvalue weighted by molar-refractivity contribution is -0.127. The summed E-state index contributed by atoms with van der Waals surface area (Å²) < 4.78 is 16.3. The van der Waals surface area contributed by atoms with Gasteiger partial charge in [-0.3, -0.25) is 14.4 Å². The number of ketones is 1. The van der Waals surface area contributed by atoms with Crippen molar-refractivity contribution in [1.82, 2.24) is 25.1 Å². The normalized spacial score (nSPS) is 15.3. The molecule has 2 N–H and O–H groups in total. The Morgan fingerprint density at radius 2 is 1.85 bits per heavy atom. The van der Waals surface area contributed by atoms with Crippen LogP contribution in [-0.2, 0) is 17.9 Å². The van der Waals surface area contributed by atoms with E-state index in [-0.39, 0.29) is 23.7 Å². The second-order valence-corrected chi connectivity index (χ2v) is 9.91. The molecule has 2 heterocycles. The Bertz CT molecular complexity index is 1100. The van der Waals surface area contributed by atoms with Gasteiger partial charge in [-0.2, -0.15) is 0 Å². The topological polar surface area (TPSA) is 96.3 Å². The van der Waals surface area contributed by atoms with Crippen LogP contribution in [0.25, 0.3) is 11.4 Å². The summed E-state index contributed by atoms with van der Waals surface area (Å²) in [6.45, 7) is 7.83. The maximum Gasteiger partial charge on any atom is 0.254 e. The molecular formula is C25H34FN5O3. The van der Waals surface area contributed by atoms with Crippen LogP contribution in [0.15, 0.2) is 18.2 Å². The lowest BCUT2D eigenvalue weighted by Gasteiger charge is -2.28. The van der Waals surface area contributed by atoms with Gasteiger partial charge in [-0.05, 0) is 43.6 Å². The Hall–Kier alpha value is -3.07. The Morgan fingerprint density at radius 1 is 1.15 bits per heavy atom. The van der Waals surface area contributed by atoms with Crippen molar-refractivity contribution in [2.75, 3.05) is 27.7 Å². The fourth-order valence-electron chi connectivity index (χ4n) is 4.39. The Morgan fingerprint density at radius 3 is 2.47 bits per heavy atom. The van der Waals surface area contributed by atoms with Crippen LogP contribution in [0.3, 0.4) is 0 Å². The summed E-state index contributed by atoms with van der Waals surface area (Å²) in [6, 6.07) is 4.28. The second-order valence-electron chi connectivity index (χ2n) is 9.91. The monoisotopic (exact) mass is 471 g/mol. The number of rotatable bonds is 6. The van der Waals surface area contributed by atoms with Crippen LogP contribution in [-0.4, -0.2) is 59.7 Å². The Labute approximate surface area is 199 Å². The lowest BCUT2D eigenvalue weighted by atomic mass is 9.77. The molecule has 0 fully saturated rings. The number of nitrogens with zero attached hydrogens (tertiary/aromatic N) is 3. The molecule has 34 heavy (non-hydrogen) atoms. The molecule has 0 saturated carbocycles. The molecule has 1 aromatic carbocycles. The van der Waals surface area contributed by atoms with E-state index in [0.717, 1.165) is 18.7 Å². The van der Waals surface area contributed by atoms with E-state index in [1.165, 1.54) is 19.2 Å². The maximum atomic E-state index is 14.3. The number of benzene rings is 1. The first kappa shape index (κ1) is 25.6. The molecule has 3 rings (SSSR count). The summed E-state index contributed by atoms with van der Waals surface area (Å²) >= 11 is 0. The van der Waals surface area contributed by atoms with Crippen molar-refractivity contribution in [3.05, 3.63) is 41.0 Å². The number of fused-ring (bicyclic) bond motifs is 1. The highest BCUT2D eigenvalue weighted by Gasteiger charge is 2.35. The van der Waals surface area contributed by atoms with Crippen molar-refractivity contribution >= 4 is 17.6 Å². The number of aromatic nitrogens is 2. The summed E-state index contributed by atoms with van der Waals surface area (Å²) in [6.07, 6.45) is 0.885. The number of hydrogen-bond donors (Lipinski definition) is 2. The molecule has 2 amide bonds. The highest BCUT2D eigenvalue weighted by Crippen LogP contribution is 2.33. The molecule has 1 aliphatic rings. The fourth-order valence-corrected chi connectivity index (χ4v) is 4.39. The predicted octanol–water partition coefficient (Wildman–Crippen LogP) is 2.87. The molecule has 0 unspecified atom stereocenters. The van der Waals surface area contributed by atoms with Gasteiger partial charge in [0.15, 0.2) is 5.78 Å². The van der Waals surface area contributed by atoms with Crippen LogP contribution in [0.2, 0.25) is 0 Å². The van der Waals surface area contributed by atoms with Gasteiger partial charge in [0.25, 0.3) is 5.91 Å². The molecule has 184 valence electrons. The average Bonchev–Trinajstić information content (AvgIpc) is 3.02. The minimum absolute atomic E-state index is 0.0310. The van der Waals surface area contributed by atoms with Gasteiger partial charge in [0.2, 0.25) is 5.91 Å². The molecule has 9 heteroatoms. The number of Topliss-reactive ketones (excluding diaryl/α,β-unsaturated/α-hetero) is 1. The molecule has 0 radical (unpaired) electrons. The van der Waals surface area contributed by atoms with Gasteiger partial charge in [0, 0.05) is 39.2 Å². The van der Waals surface area contributed by atoms with Gasteiger partial charge in [-0.1, -0.05) is 20.8 Å². The summed E-state index contributed by atoms with van der Waals surface area (Å²) in [5.41, 5.74) is 1.17. The highest BCUT2D eigenvalue weighted by molar-refractivity contribution is 5.99. The average molecular weight is 472 g/mol. The first-order valence-electron chi connectivity index (χ1n) is 11.5. The third-order valence-electron chi connectivity index (χ3n) is 6.37. The van der Waals surface area contributed by atoms with Crippen LogP contribution < -0.4 is 10.6 Å². The smallest absolute Gasteiger partial charge is 0.254 e. The minimum atomic E-state index is -0.625. The van der Waals surface area contributed by atoms with E-state index in [1.807, 2.05) is 32.4 Å². The quantitative estimate of drug-likeness (QED) is 0.632. The first-order chi connectivity index (χ1) is 16.0. The van der Waals surface area contributed by atoms with E-state index in [2.05, 4.69) is 15.5 Å². The number of halogens is 1. The summed E-state index contributed by atoms with van der Waals surface area (Å²) in [4.78, 5) is 45.1. The van der Waals surface area contributed by atoms with E-state index in [0.29, 0.717) is 30.2 Å². The molecule has 0 saturated heterocycles. The minimum Gasteiger partial charge on any atom is -0.359 e. The summed E-state index contributed by atoms with van der Waals surface area (Å²) in [7, 11) is 5.00. The molecular weight excluding hydrogens is 437 g/mol. The van der Waals surface area contributed by atoms with E-state index in [4.69, 9.17) is 4.98 Å². The largest absolute Gasteiger partial charge is 0.359 e. The van der Waals surface area contributed by atoms with Crippen molar-refractivity contribution in [2.24, 2.45) is 11.3 Å². The van der Waals surface area contributed by atoms with Crippen LogP contribution in [0.1, 0.15) is 60.2 Å². The van der Waals surface area contributed by atoms with Crippen LogP contribution in [0.5, 0.6) is 0 Å². The molecule has 1 aliphatic heterocycles. The number of nitrogens with one attached hydrogen (secondary N) is 2. The molecule has 2 aromatic rings. The Balaban J connectivity index is 2.11. The van der Waals surface area contributed by atoms with Gasteiger partial charge in [-0.15, -0.1) is 0 Å². The van der Waals surface area contributed by atoms with Gasteiger partial charge >= 0.3 is 0 Å². The summed E-state index contributed by atoms with van der Waals surface area (Å²) in [5, 5.41) is 5.12. The zero-order valence-electron chi connectivity index (χ0n) is 20.8. The molecule has 0 bridgehead atoms. The molecule has 0 aliphatic carbocycles. The number of hydrogen-bond acceptors (Lipinski definition) is 5. The zero-order chi connectivity index (χ0) is 25.2. The molecule has 1 aromatic heterocycles. The zero-order valence-corrected chi connectivity index (χ0v) is 20.8. The van der Waals surface area contributed by atoms with Gasteiger partial charge < -0.3 is 20.1 Å². The lowest BCUT2D eigenvalue weighted by Crippen LogP contribution is -2.37. The van der Waals surface area contributed by atoms with Crippen LogP contribution in [0.4, 0.5) is 4.39 Å². The van der Waals surface area contributed by atoms with Crippen LogP contribution >= 0.6 is 0 Å². The second kappa shape index (κ2) is 10.0. The van der Waals surface area contributed by atoms with E-state index < -0.39 is 23.1 Å². The van der Waals surface area contributed by atoms with Gasteiger partial charge in [0.05, 0.1) is 17.2 Å². The fraction of sp³-hybridized carbons (Fsp3) is 0.520. The standard InChI is InChI=1S/C25H34FN5O3/c1-25(2,3)17(24(34)28-5)13-20(32)21-19-14-30(6)10-7-11-31(19)22(29-21)15-8-9-18(26)16(12-15)23(33)27-4/h8-9,12,17H,7,10-11,13-14H2,1-6H3,(H,27,33)(H,28,34)/t17-/m1/s1. The maximum absolute atomic E-state index is 14.3. The Kier molecular flexibility index (Phi) is 7.55. The number of imidazole rings is 1. The van der Waals surface area contributed by atoms with Crippen molar-refractivity contribution < 1.29 is 18.8 Å². The first-order valence-corrected chi connectivity index (χ1v) is 11.5. The van der Waals surface area contributed by atoms with E-state index in [1.54, 1.807) is 13.1 Å². The highest BCUT2D eigenvalue weighted by atomic mass is 19.1. The summed E-state index contributed by atoms with van der Waals surface area (Å²) in [5.74, 6) is -1.54. The number of carbonyl (C=O) groups is 3. The number of amides is 2. The molecule has 0 spiro atoms.